The highest BCUT2D eigenvalue weighted by Crippen LogP contribution is 2.48. The van der Waals surface area contributed by atoms with E-state index < -0.39 is 51.8 Å². The fourth-order valence-electron chi connectivity index (χ4n) is 7.10. The lowest BCUT2D eigenvalue weighted by Crippen LogP contribution is -2.14. The summed E-state index contributed by atoms with van der Waals surface area (Å²) in [5, 5.41) is 33.6. The minimum atomic E-state index is -4.94. The molecule has 0 saturated carbocycles. The molecule has 66 heavy (non-hydrogen) atoms. The zero-order valence-corrected chi connectivity index (χ0v) is 38.0. The fraction of sp³-hybridized carbons (Fsp3) is 0.111. The van der Waals surface area contributed by atoms with Crippen LogP contribution in [0, 0.1) is 18.3 Å². The van der Waals surface area contributed by atoms with E-state index in [-0.39, 0.29) is 50.2 Å². The van der Waals surface area contributed by atoms with Crippen molar-refractivity contribution in [2.45, 2.75) is 29.6 Å². The maximum Gasteiger partial charge on any atom is 0.295 e. The van der Waals surface area contributed by atoms with Crippen molar-refractivity contribution in [1.82, 2.24) is 0 Å². The van der Waals surface area contributed by atoms with Crippen molar-refractivity contribution < 1.29 is 43.7 Å². The zero-order valence-electron chi connectivity index (χ0n) is 34.7. The largest absolute Gasteiger partial charge is 0.384 e. The molecule has 0 aliphatic heterocycles. The molecule has 336 valence electrons. The number of hydrogen-bond donors (Lipinski definition) is 5. The highest BCUT2D eigenvalue weighted by atomic mass is 32.2. The SMILES string of the molecule is CC(=O)Nc1cc(C(c2ccc(C)cc2)c2ccc(NCCS(=O)(=O)O)cc2)ccc1N=Nc1sc(N=Nc2cc(S(=O)(=O)O)c3cccc(S(=O)(=O)O)c3c2)c(-c2ccccc2)c1C#N. The molecule has 0 aliphatic rings. The second-order valence-electron chi connectivity index (χ2n) is 14.7. The van der Waals surface area contributed by atoms with E-state index in [4.69, 9.17) is 4.55 Å². The Bertz CT molecular complexity index is 3450. The van der Waals surface area contributed by atoms with Gasteiger partial charge in [0.15, 0.2) is 5.00 Å². The maximum atomic E-state index is 12.6. The summed E-state index contributed by atoms with van der Waals surface area (Å²) in [4.78, 5) is 11.3. The minimum absolute atomic E-state index is 0.00439. The molecule has 1 aromatic heterocycles. The summed E-state index contributed by atoms with van der Waals surface area (Å²) < 4.78 is 101. The normalized spacial score (nSPS) is 12.7. The summed E-state index contributed by atoms with van der Waals surface area (Å²) in [6.45, 7) is 3.32. The van der Waals surface area contributed by atoms with Crippen LogP contribution in [0.15, 0.2) is 158 Å². The Hall–Kier alpha value is -7.03. The molecule has 1 amide bonds. The lowest BCUT2D eigenvalue weighted by molar-refractivity contribution is -0.114. The molecule has 7 aromatic rings. The first-order valence-corrected chi connectivity index (χ1v) is 24.8. The summed E-state index contributed by atoms with van der Waals surface area (Å²) in [6.07, 6.45) is 0. The van der Waals surface area contributed by atoms with Gasteiger partial charge in [-0.25, -0.2) is 0 Å². The van der Waals surface area contributed by atoms with Crippen molar-refractivity contribution in [2.24, 2.45) is 20.5 Å². The van der Waals surface area contributed by atoms with Gasteiger partial charge in [0.05, 0.1) is 17.1 Å². The van der Waals surface area contributed by atoms with E-state index >= 15 is 0 Å². The lowest BCUT2D eigenvalue weighted by atomic mass is 9.84. The van der Waals surface area contributed by atoms with E-state index in [1.165, 1.54) is 25.1 Å². The number of carbonyl (C=O) groups is 1. The number of benzene rings is 6. The molecule has 7 rings (SSSR count). The van der Waals surface area contributed by atoms with Gasteiger partial charge in [0, 0.05) is 41.4 Å². The number of nitrogens with zero attached hydrogens (tertiary/aromatic N) is 5. The molecular weight excluding hydrogens is 927 g/mol. The van der Waals surface area contributed by atoms with Gasteiger partial charge < -0.3 is 10.6 Å². The van der Waals surface area contributed by atoms with Gasteiger partial charge in [-0.1, -0.05) is 102 Å². The number of nitrogens with one attached hydrogen (secondary N) is 2. The smallest absolute Gasteiger partial charge is 0.295 e. The maximum absolute atomic E-state index is 12.6. The van der Waals surface area contributed by atoms with Crippen LogP contribution in [0.3, 0.4) is 0 Å². The third kappa shape index (κ3) is 11.1. The minimum Gasteiger partial charge on any atom is -0.384 e. The van der Waals surface area contributed by atoms with Crippen molar-refractivity contribution in [2.75, 3.05) is 22.9 Å². The van der Waals surface area contributed by atoms with E-state index in [0.717, 1.165) is 45.7 Å². The standard InChI is InChI=1S/C45H37N7O10S4/c1-27-11-13-30(14-12-27)42(31-15-18-33(19-16-31)47-21-22-64(54,55)56)32-17-20-38(39(23-32)48-28(2)53)50-51-44-37(26-46)43(29-7-4-3-5-8-29)45(63-44)52-49-34-24-36-35(41(25-34)66(60,61)62)9-6-10-40(36)65(57,58)59/h3-20,23-25,42,47H,21-22H2,1-2H3,(H,48,53)(H,54,55,56)(H,57,58,59)(H,60,61,62). The number of anilines is 2. The molecule has 6 aromatic carbocycles. The van der Waals surface area contributed by atoms with Gasteiger partial charge in [-0.15, -0.1) is 20.5 Å². The van der Waals surface area contributed by atoms with Crippen LogP contribution in [-0.4, -0.2) is 57.1 Å². The molecule has 0 bridgehead atoms. The molecule has 1 atom stereocenters. The molecule has 21 heteroatoms. The number of fused-ring (bicyclic) bond motifs is 1. The molecule has 0 radical (unpaired) electrons. The first-order chi connectivity index (χ1) is 31.3. The average Bonchev–Trinajstić information content (AvgIpc) is 3.62. The zero-order chi connectivity index (χ0) is 47.4. The number of hydrogen-bond acceptors (Lipinski definition) is 14. The molecule has 17 nitrogen and oxygen atoms in total. The predicted molar refractivity (Wildman–Crippen MR) is 251 cm³/mol. The van der Waals surface area contributed by atoms with Gasteiger partial charge >= 0.3 is 0 Å². The van der Waals surface area contributed by atoms with Crippen molar-refractivity contribution >= 4 is 91.1 Å². The van der Waals surface area contributed by atoms with Crippen LogP contribution in [0.5, 0.6) is 0 Å². The lowest BCUT2D eigenvalue weighted by Gasteiger charge is -2.21. The Labute approximate surface area is 383 Å². The van der Waals surface area contributed by atoms with E-state index in [9.17, 15) is 44.4 Å². The molecule has 1 heterocycles. The number of nitriles is 1. The molecule has 0 fully saturated rings. The number of rotatable bonds is 15. The Morgan fingerprint density at radius 3 is 1.95 bits per heavy atom. The van der Waals surface area contributed by atoms with Gasteiger partial charge in [0.1, 0.15) is 32.1 Å². The molecule has 0 saturated heterocycles. The molecule has 1 unspecified atom stereocenters. The number of aryl methyl sites for hydroxylation is 1. The Morgan fingerprint density at radius 2 is 1.33 bits per heavy atom. The molecule has 0 spiro atoms. The van der Waals surface area contributed by atoms with E-state index in [0.29, 0.717) is 22.5 Å². The highest BCUT2D eigenvalue weighted by Gasteiger charge is 2.24. The van der Waals surface area contributed by atoms with Gasteiger partial charge in [0.25, 0.3) is 30.4 Å². The average molecular weight is 964 g/mol. The second-order valence-corrected chi connectivity index (χ2v) is 20.1. The van der Waals surface area contributed by atoms with Crippen LogP contribution < -0.4 is 10.6 Å². The summed E-state index contributed by atoms with van der Waals surface area (Å²) in [7, 11) is -13.9. The number of thiophene rings is 1. The summed E-state index contributed by atoms with van der Waals surface area (Å²) >= 11 is 0.914. The van der Waals surface area contributed by atoms with Crippen LogP contribution in [-0.2, 0) is 35.1 Å². The van der Waals surface area contributed by atoms with Crippen LogP contribution in [0.1, 0.15) is 40.7 Å². The predicted octanol–water partition coefficient (Wildman–Crippen LogP) is 10.5. The van der Waals surface area contributed by atoms with Crippen molar-refractivity contribution in [1.29, 1.82) is 5.26 Å². The molecule has 5 N–H and O–H groups in total. The Morgan fingerprint density at radius 1 is 0.697 bits per heavy atom. The summed E-state index contributed by atoms with van der Waals surface area (Å²) in [5.74, 6) is -1.20. The number of amides is 1. The quantitative estimate of drug-likeness (QED) is 0.0364. The number of azo groups is 2. The fourth-order valence-corrected chi connectivity index (χ4v) is 9.80. The van der Waals surface area contributed by atoms with Gasteiger partial charge in [-0.2, -0.15) is 30.5 Å². The monoisotopic (exact) mass is 963 g/mol. The van der Waals surface area contributed by atoms with Crippen molar-refractivity contribution in [3.05, 3.63) is 155 Å². The van der Waals surface area contributed by atoms with E-state index in [1.807, 2.05) is 49.4 Å². The number of carbonyl (C=O) groups excluding carboxylic acids is 1. The molecular formula is C45H37N7O10S4. The van der Waals surface area contributed by atoms with E-state index in [2.05, 4.69) is 37.2 Å². The van der Waals surface area contributed by atoms with E-state index in [1.54, 1.807) is 54.6 Å². The first-order valence-electron chi connectivity index (χ1n) is 19.5. The highest BCUT2D eigenvalue weighted by molar-refractivity contribution is 7.86. The third-order valence-corrected chi connectivity index (χ3v) is 13.5. The topological polar surface area (TPSA) is 277 Å². The van der Waals surface area contributed by atoms with Gasteiger partial charge in [0.2, 0.25) is 5.91 Å². The van der Waals surface area contributed by atoms with Crippen LogP contribution in [0.4, 0.5) is 32.8 Å². The third-order valence-electron chi connectivity index (χ3n) is 10.0. The Kier molecular flexibility index (Phi) is 13.7. The Balaban J connectivity index is 1.30. The van der Waals surface area contributed by atoms with Crippen LogP contribution in [0.2, 0.25) is 0 Å². The second kappa shape index (κ2) is 19.2. The summed E-state index contributed by atoms with van der Waals surface area (Å²) in [6, 6.07) is 37.1. The first kappa shape index (κ1) is 46.9. The van der Waals surface area contributed by atoms with Gasteiger partial charge in [-0.3, -0.25) is 18.5 Å². The van der Waals surface area contributed by atoms with Crippen molar-refractivity contribution in [3.63, 3.8) is 0 Å². The molecule has 0 aliphatic carbocycles. The van der Waals surface area contributed by atoms with Crippen molar-refractivity contribution in [3.8, 4) is 17.2 Å². The van der Waals surface area contributed by atoms with Crippen LogP contribution in [0.25, 0.3) is 21.9 Å². The van der Waals surface area contributed by atoms with Crippen LogP contribution >= 0.6 is 11.3 Å². The van der Waals surface area contributed by atoms with Gasteiger partial charge in [-0.05, 0) is 71.6 Å². The summed E-state index contributed by atoms with van der Waals surface area (Å²) in [5.41, 5.74) is 5.47.